The van der Waals surface area contributed by atoms with Crippen LogP contribution in [0.5, 0.6) is 5.75 Å². The fraction of sp³-hybridized carbons (Fsp3) is 0.467. The first-order valence-electron chi connectivity index (χ1n) is 6.95. The second-order valence-corrected chi connectivity index (χ2v) is 5.26. The number of nitrogens with zero attached hydrogens (tertiary/aromatic N) is 1. The lowest BCUT2D eigenvalue weighted by Gasteiger charge is -2.36. The van der Waals surface area contributed by atoms with E-state index in [4.69, 9.17) is 9.84 Å². The van der Waals surface area contributed by atoms with Crippen LogP contribution in [0.2, 0.25) is 0 Å². The number of hydrogen-bond donors (Lipinski definition) is 2. The molecule has 2 unspecified atom stereocenters. The molecule has 0 aromatic heterocycles. The lowest BCUT2D eigenvalue weighted by molar-refractivity contribution is -0.143. The molecule has 1 aromatic rings. The van der Waals surface area contributed by atoms with Gasteiger partial charge in [-0.05, 0) is 44.0 Å². The Labute approximate surface area is 123 Å². The van der Waals surface area contributed by atoms with E-state index < -0.39 is 5.97 Å². The maximum atomic E-state index is 12.2. The highest BCUT2D eigenvalue weighted by atomic mass is 16.5. The van der Waals surface area contributed by atoms with Gasteiger partial charge in [-0.1, -0.05) is 0 Å². The number of piperidine rings is 1. The molecule has 1 aliphatic heterocycles. The standard InChI is InChI=1S/C15H20N2O4/c1-10-9-11(14(18)19)7-8-17(10)15(20)16-12-3-5-13(21-2)6-4-12/h3-6,10-11H,7-9H2,1-2H3,(H,16,20)(H,18,19). The molecule has 1 aliphatic rings. The van der Waals surface area contributed by atoms with Gasteiger partial charge >= 0.3 is 12.0 Å². The normalized spacial score (nSPS) is 21.7. The third-order valence-corrected chi connectivity index (χ3v) is 3.83. The number of carbonyl (C=O) groups excluding carboxylic acids is 1. The number of benzene rings is 1. The van der Waals surface area contributed by atoms with Gasteiger partial charge in [-0.2, -0.15) is 0 Å². The molecular formula is C15H20N2O4. The third kappa shape index (κ3) is 3.65. The molecule has 2 atom stereocenters. The van der Waals surface area contributed by atoms with Crippen LogP contribution in [0.25, 0.3) is 0 Å². The van der Waals surface area contributed by atoms with E-state index in [0.29, 0.717) is 25.1 Å². The van der Waals surface area contributed by atoms with Gasteiger partial charge in [0, 0.05) is 18.3 Å². The Bertz CT molecular complexity index is 515. The summed E-state index contributed by atoms with van der Waals surface area (Å²) in [6, 6.07) is 6.80. The Balaban J connectivity index is 1.95. The molecule has 2 N–H and O–H groups in total. The Morgan fingerprint density at radius 1 is 1.33 bits per heavy atom. The molecule has 21 heavy (non-hydrogen) atoms. The molecule has 1 heterocycles. The molecule has 0 radical (unpaired) electrons. The van der Waals surface area contributed by atoms with E-state index in [1.54, 1.807) is 36.3 Å². The van der Waals surface area contributed by atoms with Crippen molar-refractivity contribution in [3.63, 3.8) is 0 Å². The fourth-order valence-electron chi connectivity index (χ4n) is 2.57. The summed E-state index contributed by atoms with van der Waals surface area (Å²) >= 11 is 0. The van der Waals surface area contributed by atoms with Crippen LogP contribution in [-0.4, -0.2) is 41.7 Å². The van der Waals surface area contributed by atoms with E-state index in [2.05, 4.69) is 5.32 Å². The molecule has 0 spiro atoms. The molecule has 0 bridgehead atoms. The first kappa shape index (κ1) is 15.2. The van der Waals surface area contributed by atoms with Gasteiger partial charge in [0.05, 0.1) is 13.0 Å². The van der Waals surface area contributed by atoms with Crippen molar-refractivity contribution in [2.75, 3.05) is 19.0 Å². The van der Waals surface area contributed by atoms with Crippen LogP contribution in [0.4, 0.5) is 10.5 Å². The van der Waals surface area contributed by atoms with Gasteiger partial charge in [-0.3, -0.25) is 4.79 Å². The Morgan fingerprint density at radius 3 is 2.52 bits per heavy atom. The number of hydrogen-bond acceptors (Lipinski definition) is 3. The van der Waals surface area contributed by atoms with Crippen LogP contribution in [0.1, 0.15) is 19.8 Å². The van der Waals surface area contributed by atoms with E-state index in [-0.39, 0.29) is 18.0 Å². The van der Waals surface area contributed by atoms with Gasteiger partial charge in [0.1, 0.15) is 5.75 Å². The van der Waals surface area contributed by atoms with E-state index in [1.807, 2.05) is 6.92 Å². The zero-order valence-corrected chi connectivity index (χ0v) is 12.2. The molecular weight excluding hydrogens is 272 g/mol. The van der Waals surface area contributed by atoms with E-state index in [0.717, 1.165) is 5.75 Å². The number of urea groups is 1. The predicted octanol–water partition coefficient (Wildman–Crippen LogP) is 2.41. The van der Waals surface area contributed by atoms with Crippen molar-refractivity contribution >= 4 is 17.7 Å². The van der Waals surface area contributed by atoms with Crippen molar-refractivity contribution < 1.29 is 19.4 Å². The number of ether oxygens (including phenoxy) is 1. The van der Waals surface area contributed by atoms with Gasteiger partial charge in [0.15, 0.2) is 0 Å². The van der Waals surface area contributed by atoms with E-state index in [1.165, 1.54) is 0 Å². The van der Waals surface area contributed by atoms with Gasteiger partial charge in [0.25, 0.3) is 0 Å². The first-order valence-corrected chi connectivity index (χ1v) is 6.95. The van der Waals surface area contributed by atoms with Crippen molar-refractivity contribution in [3.8, 4) is 5.75 Å². The van der Waals surface area contributed by atoms with Crippen LogP contribution in [0, 0.1) is 5.92 Å². The number of carbonyl (C=O) groups is 2. The summed E-state index contributed by atoms with van der Waals surface area (Å²) in [6.07, 6.45) is 0.987. The summed E-state index contributed by atoms with van der Waals surface area (Å²) in [4.78, 5) is 24.9. The van der Waals surface area contributed by atoms with Crippen LogP contribution in [-0.2, 0) is 4.79 Å². The molecule has 0 saturated carbocycles. The molecule has 2 rings (SSSR count). The number of aliphatic carboxylic acids is 1. The van der Waals surface area contributed by atoms with Crippen LogP contribution >= 0.6 is 0 Å². The highest BCUT2D eigenvalue weighted by Crippen LogP contribution is 2.24. The molecule has 1 aromatic carbocycles. The molecule has 2 amide bonds. The van der Waals surface area contributed by atoms with Crippen LogP contribution in [0.3, 0.4) is 0 Å². The molecule has 1 saturated heterocycles. The van der Waals surface area contributed by atoms with Gasteiger partial charge in [-0.15, -0.1) is 0 Å². The van der Waals surface area contributed by atoms with Crippen molar-refractivity contribution in [2.24, 2.45) is 5.92 Å². The number of methoxy groups -OCH3 is 1. The molecule has 114 valence electrons. The number of anilines is 1. The molecule has 0 aliphatic carbocycles. The molecule has 6 nitrogen and oxygen atoms in total. The Morgan fingerprint density at radius 2 is 2.00 bits per heavy atom. The number of rotatable bonds is 3. The number of likely N-dealkylation sites (tertiary alicyclic amines) is 1. The first-order chi connectivity index (χ1) is 10.0. The van der Waals surface area contributed by atoms with Crippen molar-refractivity contribution in [1.82, 2.24) is 4.90 Å². The maximum absolute atomic E-state index is 12.2. The lowest BCUT2D eigenvalue weighted by atomic mass is 9.92. The number of carboxylic acids is 1. The summed E-state index contributed by atoms with van der Waals surface area (Å²) in [5, 5.41) is 11.9. The molecule has 1 fully saturated rings. The van der Waals surface area contributed by atoms with Crippen molar-refractivity contribution in [3.05, 3.63) is 24.3 Å². The average molecular weight is 292 g/mol. The highest BCUT2D eigenvalue weighted by Gasteiger charge is 2.32. The SMILES string of the molecule is COc1ccc(NC(=O)N2CCC(C(=O)O)CC2C)cc1. The second-order valence-electron chi connectivity index (χ2n) is 5.26. The van der Waals surface area contributed by atoms with Crippen molar-refractivity contribution in [2.45, 2.75) is 25.8 Å². The third-order valence-electron chi connectivity index (χ3n) is 3.83. The highest BCUT2D eigenvalue weighted by molar-refractivity contribution is 5.89. The number of nitrogens with one attached hydrogen (secondary N) is 1. The predicted molar refractivity (Wildman–Crippen MR) is 78.5 cm³/mol. The van der Waals surface area contributed by atoms with E-state index in [9.17, 15) is 9.59 Å². The largest absolute Gasteiger partial charge is 0.497 e. The average Bonchev–Trinajstić information content (AvgIpc) is 2.47. The smallest absolute Gasteiger partial charge is 0.322 e. The summed E-state index contributed by atoms with van der Waals surface area (Å²) in [6.45, 7) is 2.34. The quantitative estimate of drug-likeness (QED) is 0.896. The lowest BCUT2D eigenvalue weighted by Crippen LogP contribution is -2.47. The van der Waals surface area contributed by atoms with E-state index >= 15 is 0 Å². The fourth-order valence-corrected chi connectivity index (χ4v) is 2.57. The summed E-state index contributed by atoms with van der Waals surface area (Å²) < 4.78 is 5.06. The van der Waals surface area contributed by atoms with Crippen molar-refractivity contribution in [1.29, 1.82) is 0 Å². The number of amides is 2. The van der Waals surface area contributed by atoms with Crippen LogP contribution in [0.15, 0.2) is 24.3 Å². The second kappa shape index (κ2) is 6.47. The minimum absolute atomic E-state index is 0.0851. The Kier molecular flexibility index (Phi) is 4.67. The zero-order chi connectivity index (χ0) is 15.4. The van der Waals surface area contributed by atoms with Gasteiger partial charge in [0.2, 0.25) is 0 Å². The topological polar surface area (TPSA) is 78.9 Å². The van der Waals surface area contributed by atoms with Gasteiger partial charge < -0.3 is 20.1 Å². The summed E-state index contributed by atoms with van der Waals surface area (Å²) in [5.74, 6) is -0.411. The van der Waals surface area contributed by atoms with Crippen LogP contribution < -0.4 is 10.1 Å². The summed E-state index contributed by atoms with van der Waals surface area (Å²) in [7, 11) is 1.59. The summed E-state index contributed by atoms with van der Waals surface area (Å²) in [5.41, 5.74) is 0.688. The monoisotopic (exact) mass is 292 g/mol. The minimum atomic E-state index is -0.780. The van der Waals surface area contributed by atoms with Gasteiger partial charge in [-0.25, -0.2) is 4.79 Å². The Hall–Kier alpha value is -2.24. The zero-order valence-electron chi connectivity index (χ0n) is 12.2. The number of carboxylic acid groups (broad SMARTS) is 1. The molecule has 6 heteroatoms. The minimum Gasteiger partial charge on any atom is -0.497 e. The maximum Gasteiger partial charge on any atom is 0.322 e.